The highest BCUT2D eigenvalue weighted by molar-refractivity contribution is 7.19. The van der Waals surface area contributed by atoms with E-state index in [4.69, 9.17) is 4.74 Å². The van der Waals surface area contributed by atoms with Crippen LogP contribution in [0.3, 0.4) is 0 Å². The molecule has 9 heteroatoms. The summed E-state index contributed by atoms with van der Waals surface area (Å²) in [7, 11) is 0. The molecule has 1 amide bonds. The number of nitrogens with zero attached hydrogens (tertiary/aromatic N) is 4. The van der Waals surface area contributed by atoms with Gasteiger partial charge in [0, 0.05) is 34.8 Å². The fourth-order valence-corrected chi connectivity index (χ4v) is 6.16. The van der Waals surface area contributed by atoms with Gasteiger partial charge in [-0.1, -0.05) is 0 Å². The lowest BCUT2D eigenvalue weighted by atomic mass is 9.86. The van der Waals surface area contributed by atoms with Crippen LogP contribution in [0.5, 0.6) is 5.75 Å². The topological polar surface area (TPSA) is 96.0 Å². The normalized spacial score (nSPS) is 15.6. The van der Waals surface area contributed by atoms with Crippen molar-refractivity contribution in [3.05, 3.63) is 35.1 Å². The Morgan fingerprint density at radius 1 is 1.32 bits per heavy atom. The Bertz CT molecular complexity index is 1340. The first kappa shape index (κ1) is 22.6. The average molecular weight is 479 g/mol. The summed E-state index contributed by atoms with van der Waals surface area (Å²) in [6.07, 6.45) is 5.86. The second-order valence-electron chi connectivity index (χ2n) is 8.93. The number of amides is 1. The Kier molecular flexibility index (Phi) is 6.12. The van der Waals surface area contributed by atoms with Crippen molar-refractivity contribution in [2.24, 2.45) is 5.92 Å². The van der Waals surface area contributed by atoms with Crippen molar-refractivity contribution in [3.8, 4) is 5.75 Å². The first-order chi connectivity index (χ1) is 16.5. The predicted octanol–water partition coefficient (Wildman–Crippen LogP) is 5.07. The molecule has 0 saturated heterocycles. The minimum absolute atomic E-state index is 0.0281. The van der Waals surface area contributed by atoms with E-state index < -0.39 is 0 Å². The lowest BCUT2D eigenvalue weighted by Crippen LogP contribution is -2.42. The van der Waals surface area contributed by atoms with E-state index in [1.54, 1.807) is 23.9 Å². The average Bonchev–Trinajstić information content (AvgIpc) is 3.43. The van der Waals surface area contributed by atoms with Gasteiger partial charge in [0.1, 0.15) is 22.7 Å². The second kappa shape index (κ2) is 9.21. The van der Waals surface area contributed by atoms with Gasteiger partial charge in [-0.25, -0.2) is 9.97 Å². The van der Waals surface area contributed by atoms with Crippen LogP contribution in [0, 0.1) is 5.92 Å². The minimum Gasteiger partial charge on any atom is -0.492 e. The molecule has 2 N–H and O–H groups in total. The van der Waals surface area contributed by atoms with Crippen molar-refractivity contribution in [2.45, 2.75) is 53.0 Å². The molecule has 0 fully saturated rings. The Hall–Kier alpha value is -3.20. The summed E-state index contributed by atoms with van der Waals surface area (Å²) in [4.78, 5) is 26.5. The Morgan fingerprint density at radius 3 is 2.94 bits per heavy atom. The zero-order valence-electron chi connectivity index (χ0n) is 20.0. The smallest absolute Gasteiger partial charge is 0.226 e. The fourth-order valence-electron chi connectivity index (χ4n) is 4.90. The van der Waals surface area contributed by atoms with Gasteiger partial charge in [0.15, 0.2) is 0 Å². The van der Waals surface area contributed by atoms with Gasteiger partial charge in [0.25, 0.3) is 0 Å². The summed E-state index contributed by atoms with van der Waals surface area (Å²) >= 11 is 1.68. The van der Waals surface area contributed by atoms with E-state index >= 15 is 0 Å². The maximum Gasteiger partial charge on any atom is 0.226 e. The van der Waals surface area contributed by atoms with E-state index in [9.17, 15) is 4.79 Å². The molecule has 5 rings (SSSR count). The fraction of sp³-hybridized carbons (Fsp3) is 0.440. The molecule has 1 atom stereocenters. The number of aryl methyl sites for hydroxylation is 1. The molecule has 0 radical (unpaired) electrons. The molecular weight excluding hydrogens is 448 g/mol. The maximum absolute atomic E-state index is 13.2. The van der Waals surface area contributed by atoms with Gasteiger partial charge in [-0.2, -0.15) is 5.10 Å². The molecule has 1 aliphatic rings. The highest BCUT2D eigenvalue weighted by Gasteiger charge is 2.32. The molecule has 0 saturated carbocycles. The molecule has 0 spiro atoms. The van der Waals surface area contributed by atoms with E-state index in [1.165, 1.54) is 10.4 Å². The lowest BCUT2D eigenvalue weighted by Gasteiger charge is -2.31. The standard InChI is InChI=1S/C25H30N6O2S/c1-5-31(14(3)4)25(32)15-7-8-17-21(10-15)34-24-22(17)23(26-13-27-24)29-19-9-16-12-28-30-18(16)11-20(19)33-6-2/h9,11-15H,5-8,10H2,1-4H3,(H,28,30)(H,26,27,29)/t15-/m0/s1. The van der Waals surface area contributed by atoms with Crippen LogP contribution in [0.25, 0.3) is 21.1 Å². The largest absolute Gasteiger partial charge is 0.492 e. The highest BCUT2D eigenvalue weighted by Crippen LogP contribution is 2.42. The van der Waals surface area contributed by atoms with E-state index in [0.717, 1.165) is 64.2 Å². The summed E-state index contributed by atoms with van der Waals surface area (Å²) in [6.45, 7) is 9.49. The van der Waals surface area contributed by atoms with Crippen LogP contribution >= 0.6 is 11.3 Å². The Labute approximate surface area is 202 Å². The number of aromatic nitrogens is 4. The van der Waals surface area contributed by atoms with E-state index in [-0.39, 0.29) is 17.9 Å². The van der Waals surface area contributed by atoms with Crippen molar-refractivity contribution in [1.29, 1.82) is 0 Å². The third-order valence-corrected chi connectivity index (χ3v) is 7.70. The molecule has 0 aliphatic heterocycles. The maximum atomic E-state index is 13.2. The molecule has 0 unspecified atom stereocenters. The third kappa shape index (κ3) is 3.98. The van der Waals surface area contributed by atoms with Gasteiger partial charge in [-0.05, 0) is 58.6 Å². The first-order valence-corrected chi connectivity index (χ1v) is 12.7. The number of nitrogens with one attached hydrogen (secondary N) is 2. The van der Waals surface area contributed by atoms with Gasteiger partial charge in [0.2, 0.25) is 5.91 Å². The number of hydrogen-bond acceptors (Lipinski definition) is 7. The van der Waals surface area contributed by atoms with E-state index in [0.29, 0.717) is 6.61 Å². The zero-order valence-corrected chi connectivity index (χ0v) is 20.8. The molecule has 3 heterocycles. The number of rotatable bonds is 7. The first-order valence-electron chi connectivity index (χ1n) is 11.9. The Morgan fingerprint density at radius 2 is 2.18 bits per heavy atom. The van der Waals surface area contributed by atoms with E-state index in [1.807, 2.05) is 24.0 Å². The summed E-state index contributed by atoms with van der Waals surface area (Å²) in [6, 6.07) is 4.20. The number of benzene rings is 1. The number of aromatic amines is 1. The van der Waals surface area contributed by atoms with Gasteiger partial charge >= 0.3 is 0 Å². The van der Waals surface area contributed by atoms with Crippen molar-refractivity contribution >= 4 is 49.9 Å². The van der Waals surface area contributed by atoms with Gasteiger partial charge in [-0.3, -0.25) is 9.89 Å². The molecule has 178 valence electrons. The summed E-state index contributed by atoms with van der Waals surface area (Å²) in [5, 5.41) is 12.7. The molecule has 8 nitrogen and oxygen atoms in total. The number of hydrogen-bond donors (Lipinski definition) is 2. The summed E-state index contributed by atoms with van der Waals surface area (Å²) in [5.41, 5.74) is 3.03. The Balaban J connectivity index is 1.49. The quantitative estimate of drug-likeness (QED) is 0.385. The van der Waals surface area contributed by atoms with Crippen molar-refractivity contribution in [2.75, 3.05) is 18.5 Å². The SMILES string of the molecule is CCOc1cc2[nH]ncc2cc1Nc1ncnc2sc3c(c12)CC[C@H](C(=O)N(CC)C(C)C)C3. The predicted molar refractivity (Wildman–Crippen MR) is 136 cm³/mol. The van der Waals surface area contributed by atoms with Crippen molar-refractivity contribution in [1.82, 2.24) is 25.1 Å². The van der Waals surface area contributed by atoms with Crippen LogP contribution < -0.4 is 10.1 Å². The molecule has 3 aromatic heterocycles. The molecule has 1 aliphatic carbocycles. The number of carbonyl (C=O) groups is 1. The number of anilines is 2. The number of thiophene rings is 1. The third-order valence-electron chi connectivity index (χ3n) is 6.53. The molecule has 4 aromatic rings. The monoisotopic (exact) mass is 478 g/mol. The number of carbonyl (C=O) groups excluding carboxylic acids is 1. The van der Waals surface area contributed by atoms with Crippen LogP contribution in [-0.4, -0.2) is 50.2 Å². The molecule has 1 aromatic carbocycles. The summed E-state index contributed by atoms with van der Waals surface area (Å²) in [5.74, 6) is 1.81. The number of ether oxygens (including phenoxy) is 1. The summed E-state index contributed by atoms with van der Waals surface area (Å²) < 4.78 is 5.89. The zero-order chi connectivity index (χ0) is 23.8. The molecule has 0 bridgehead atoms. The number of H-pyrrole nitrogens is 1. The van der Waals surface area contributed by atoms with Gasteiger partial charge in [0.05, 0.1) is 29.4 Å². The van der Waals surface area contributed by atoms with Crippen LogP contribution in [-0.2, 0) is 17.6 Å². The van der Waals surface area contributed by atoms with Crippen LogP contribution in [0.2, 0.25) is 0 Å². The second-order valence-corrected chi connectivity index (χ2v) is 10.0. The molecule has 34 heavy (non-hydrogen) atoms. The highest BCUT2D eigenvalue weighted by atomic mass is 32.1. The van der Waals surface area contributed by atoms with Crippen LogP contribution in [0.4, 0.5) is 11.5 Å². The van der Waals surface area contributed by atoms with Crippen molar-refractivity contribution < 1.29 is 9.53 Å². The van der Waals surface area contributed by atoms with Gasteiger partial charge in [-0.15, -0.1) is 11.3 Å². The van der Waals surface area contributed by atoms with Crippen LogP contribution in [0.1, 0.15) is 44.6 Å². The van der Waals surface area contributed by atoms with Crippen LogP contribution in [0.15, 0.2) is 24.7 Å². The van der Waals surface area contributed by atoms with E-state index in [2.05, 4.69) is 46.3 Å². The minimum atomic E-state index is 0.0281. The molecular formula is C25H30N6O2S. The van der Waals surface area contributed by atoms with Crippen molar-refractivity contribution in [3.63, 3.8) is 0 Å². The lowest BCUT2D eigenvalue weighted by molar-refractivity contribution is -0.137. The number of fused-ring (bicyclic) bond motifs is 4. The van der Waals surface area contributed by atoms with Gasteiger partial charge < -0.3 is 15.0 Å².